The number of rotatable bonds is 3. The van der Waals surface area contributed by atoms with Crippen molar-refractivity contribution in [3.63, 3.8) is 0 Å². The number of hydrogen-bond acceptors (Lipinski definition) is 0. The molecule has 104 valence electrons. The molecule has 0 aliphatic heterocycles. The van der Waals surface area contributed by atoms with Crippen molar-refractivity contribution < 1.29 is 0 Å². The summed E-state index contributed by atoms with van der Waals surface area (Å²) in [6.45, 7) is 13.1. The third-order valence-electron chi connectivity index (χ3n) is 5.45. The molecule has 0 heteroatoms. The van der Waals surface area contributed by atoms with E-state index in [-0.39, 0.29) is 0 Å². The summed E-state index contributed by atoms with van der Waals surface area (Å²) in [6.07, 6.45) is 7.56. The first-order valence-electron chi connectivity index (χ1n) is 7.73. The number of allylic oxidation sites excluding steroid dienone is 1. The molecule has 0 bridgehead atoms. The highest BCUT2D eigenvalue weighted by Crippen LogP contribution is 2.39. The molecule has 0 nitrogen and oxygen atoms in total. The molecule has 0 saturated heterocycles. The Morgan fingerprint density at radius 3 is 2.26 bits per heavy atom. The highest BCUT2D eigenvalue weighted by molar-refractivity contribution is 5.40. The van der Waals surface area contributed by atoms with Crippen molar-refractivity contribution in [1.29, 1.82) is 0 Å². The summed E-state index contributed by atoms with van der Waals surface area (Å²) < 4.78 is 0. The second kappa shape index (κ2) is 5.94. The minimum absolute atomic E-state index is 0.699. The zero-order valence-electron chi connectivity index (χ0n) is 13.0. The molecule has 0 aromatic heterocycles. The first-order chi connectivity index (χ1) is 9.04. The molecule has 19 heavy (non-hydrogen) atoms. The highest BCUT2D eigenvalue weighted by Gasteiger charge is 2.25. The van der Waals surface area contributed by atoms with E-state index in [0.717, 1.165) is 11.8 Å². The van der Waals surface area contributed by atoms with Gasteiger partial charge in [-0.15, -0.1) is 6.58 Å². The van der Waals surface area contributed by atoms with Crippen LogP contribution in [0.4, 0.5) is 0 Å². The quantitative estimate of drug-likeness (QED) is 0.608. The van der Waals surface area contributed by atoms with Gasteiger partial charge in [0.15, 0.2) is 0 Å². The molecule has 0 heterocycles. The minimum Gasteiger partial charge on any atom is -0.103 e. The lowest BCUT2D eigenvalue weighted by molar-refractivity contribution is 0.277. The smallest absolute Gasteiger partial charge is 0.0159 e. The van der Waals surface area contributed by atoms with Crippen LogP contribution >= 0.6 is 0 Å². The Hall–Kier alpha value is -1.04. The summed E-state index contributed by atoms with van der Waals surface area (Å²) in [5.74, 6) is 2.33. The largest absolute Gasteiger partial charge is 0.103 e. The minimum atomic E-state index is 0.699. The van der Waals surface area contributed by atoms with Crippen LogP contribution in [-0.4, -0.2) is 0 Å². The van der Waals surface area contributed by atoms with Gasteiger partial charge in [-0.2, -0.15) is 0 Å². The highest BCUT2D eigenvalue weighted by atomic mass is 14.3. The lowest BCUT2D eigenvalue weighted by atomic mass is 9.73. The number of hydrogen-bond donors (Lipinski definition) is 0. The Bertz CT molecular complexity index is 447. The van der Waals surface area contributed by atoms with Crippen LogP contribution in [0.2, 0.25) is 0 Å². The van der Waals surface area contributed by atoms with Gasteiger partial charge in [0, 0.05) is 0 Å². The average Bonchev–Trinajstić information content (AvgIpc) is 2.44. The van der Waals surface area contributed by atoms with Gasteiger partial charge in [-0.1, -0.05) is 25.1 Å². The van der Waals surface area contributed by atoms with Gasteiger partial charge in [-0.05, 0) is 86.5 Å². The fourth-order valence-corrected chi connectivity index (χ4v) is 3.60. The standard InChI is InChI=1S/C19H28/c1-6-17-8-10-18(11-9-17)16(5)19-12-7-13(2)14(3)15(19)4/h6-7,12,16-18H,1,8-11H2,2-5H3. The van der Waals surface area contributed by atoms with Crippen LogP contribution in [0, 0.1) is 32.6 Å². The third kappa shape index (κ3) is 2.94. The summed E-state index contributed by atoms with van der Waals surface area (Å²) in [5.41, 5.74) is 5.98. The second-order valence-electron chi connectivity index (χ2n) is 6.42. The Morgan fingerprint density at radius 1 is 1.05 bits per heavy atom. The van der Waals surface area contributed by atoms with Crippen molar-refractivity contribution >= 4 is 0 Å². The average molecular weight is 256 g/mol. The van der Waals surface area contributed by atoms with Crippen molar-refractivity contribution in [2.45, 2.75) is 59.3 Å². The van der Waals surface area contributed by atoms with E-state index in [0.29, 0.717) is 5.92 Å². The fraction of sp³-hybridized carbons (Fsp3) is 0.579. The van der Waals surface area contributed by atoms with Crippen LogP contribution in [-0.2, 0) is 0 Å². The van der Waals surface area contributed by atoms with Crippen molar-refractivity contribution in [3.05, 3.63) is 47.0 Å². The van der Waals surface area contributed by atoms with Gasteiger partial charge in [0.1, 0.15) is 0 Å². The predicted molar refractivity (Wildman–Crippen MR) is 84.7 cm³/mol. The number of benzene rings is 1. The van der Waals surface area contributed by atoms with E-state index in [1.54, 1.807) is 5.56 Å². The summed E-state index contributed by atoms with van der Waals surface area (Å²) in [4.78, 5) is 0. The summed E-state index contributed by atoms with van der Waals surface area (Å²) in [7, 11) is 0. The van der Waals surface area contributed by atoms with Crippen molar-refractivity contribution in [3.8, 4) is 0 Å². The van der Waals surface area contributed by atoms with E-state index >= 15 is 0 Å². The molecule has 1 aromatic rings. The topological polar surface area (TPSA) is 0 Å². The third-order valence-corrected chi connectivity index (χ3v) is 5.45. The zero-order valence-corrected chi connectivity index (χ0v) is 13.0. The molecule has 2 rings (SSSR count). The Labute approximate surface area is 118 Å². The number of aryl methyl sites for hydroxylation is 1. The lowest BCUT2D eigenvalue weighted by Crippen LogP contribution is -2.19. The molecule has 1 fully saturated rings. The first-order valence-corrected chi connectivity index (χ1v) is 7.73. The van der Waals surface area contributed by atoms with E-state index in [4.69, 9.17) is 0 Å². The van der Waals surface area contributed by atoms with Gasteiger partial charge < -0.3 is 0 Å². The maximum atomic E-state index is 3.95. The van der Waals surface area contributed by atoms with E-state index in [1.165, 1.54) is 42.4 Å². The Morgan fingerprint density at radius 2 is 1.68 bits per heavy atom. The van der Waals surface area contributed by atoms with Crippen LogP contribution < -0.4 is 0 Å². The van der Waals surface area contributed by atoms with Crippen LogP contribution in [0.25, 0.3) is 0 Å². The van der Waals surface area contributed by atoms with Crippen LogP contribution in [0.3, 0.4) is 0 Å². The maximum Gasteiger partial charge on any atom is -0.0159 e. The normalized spacial score (nSPS) is 25.1. The van der Waals surface area contributed by atoms with E-state index in [9.17, 15) is 0 Å². The van der Waals surface area contributed by atoms with E-state index in [2.05, 4.69) is 52.5 Å². The SMILES string of the molecule is C=CC1CCC(C(C)c2ccc(C)c(C)c2C)CC1. The monoisotopic (exact) mass is 256 g/mol. The maximum absolute atomic E-state index is 3.95. The lowest BCUT2D eigenvalue weighted by Gasteiger charge is -2.32. The van der Waals surface area contributed by atoms with Crippen LogP contribution in [0.1, 0.15) is 60.8 Å². The first kappa shape index (κ1) is 14.4. The zero-order chi connectivity index (χ0) is 14.0. The molecular formula is C19H28. The molecule has 1 unspecified atom stereocenters. The van der Waals surface area contributed by atoms with Gasteiger partial charge in [0.2, 0.25) is 0 Å². The molecule has 1 saturated carbocycles. The molecule has 0 spiro atoms. The van der Waals surface area contributed by atoms with Crippen molar-refractivity contribution in [1.82, 2.24) is 0 Å². The van der Waals surface area contributed by atoms with Gasteiger partial charge in [-0.3, -0.25) is 0 Å². The van der Waals surface area contributed by atoms with Gasteiger partial charge in [-0.25, -0.2) is 0 Å². The van der Waals surface area contributed by atoms with Crippen LogP contribution in [0.15, 0.2) is 24.8 Å². The van der Waals surface area contributed by atoms with Crippen LogP contribution in [0.5, 0.6) is 0 Å². The Balaban J connectivity index is 2.14. The predicted octanol–water partition coefficient (Wildman–Crippen LogP) is 5.71. The Kier molecular flexibility index (Phi) is 4.50. The van der Waals surface area contributed by atoms with Crippen molar-refractivity contribution in [2.24, 2.45) is 11.8 Å². The molecule has 1 atom stereocenters. The second-order valence-corrected chi connectivity index (χ2v) is 6.42. The molecule has 0 amide bonds. The van der Waals surface area contributed by atoms with Gasteiger partial charge in [0.25, 0.3) is 0 Å². The van der Waals surface area contributed by atoms with E-state index < -0.39 is 0 Å². The van der Waals surface area contributed by atoms with Gasteiger partial charge in [0.05, 0.1) is 0 Å². The molecule has 0 N–H and O–H groups in total. The summed E-state index contributed by atoms with van der Waals surface area (Å²) in [5, 5.41) is 0. The molecule has 0 radical (unpaired) electrons. The molecule has 1 aliphatic rings. The molecular weight excluding hydrogens is 228 g/mol. The van der Waals surface area contributed by atoms with E-state index in [1.807, 2.05) is 0 Å². The fourth-order valence-electron chi connectivity index (χ4n) is 3.60. The summed E-state index contributed by atoms with van der Waals surface area (Å²) >= 11 is 0. The van der Waals surface area contributed by atoms with Gasteiger partial charge >= 0.3 is 0 Å². The molecule has 1 aromatic carbocycles. The van der Waals surface area contributed by atoms with Crippen molar-refractivity contribution in [2.75, 3.05) is 0 Å². The molecule has 1 aliphatic carbocycles. The summed E-state index contributed by atoms with van der Waals surface area (Å²) in [6, 6.07) is 4.66.